The molecule has 2 saturated carbocycles. The lowest BCUT2D eigenvalue weighted by molar-refractivity contribution is -0.115. The van der Waals surface area contributed by atoms with Crippen molar-refractivity contribution in [3.63, 3.8) is 0 Å². The summed E-state index contributed by atoms with van der Waals surface area (Å²) in [5.41, 5.74) is 3.67. The van der Waals surface area contributed by atoms with Crippen LogP contribution in [0.4, 0.5) is 10.1 Å². The predicted molar refractivity (Wildman–Crippen MR) is 93.3 cm³/mol. The number of allylic oxidation sites excluding steroid dienone is 2. The van der Waals surface area contributed by atoms with Gasteiger partial charge in [0.15, 0.2) is 5.78 Å². The Labute approximate surface area is 143 Å². The number of piperazine rings is 1. The molecule has 2 aliphatic carbocycles. The molecule has 1 aromatic carbocycles. The average Bonchev–Trinajstić information content (AvgIpc) is 2.92. The van der Waals surface area contributed by atoms with Gasteiger partial charge < -0.3 is 9.80 Å². The second kappa shape index (κ2) is 5.33. The van der Waals surface area contributed by atoms with Crippen LogP contribution < -0.4 is 4.90 Å². The maximum Gasteiger partial charge on any atom is 0.161 e. The van der Waals surface area contributed by atoms with Gasteiger partial charge in [-0.2, -0.15) is 0 Å². The molecule has 0 bridgehead atoms. The SMILES string of the molecule is C/C(=C1\C(=O)C[C@H]2[C@@H]1C2(C)C)N1CCN(c2ccc(F)cc2)CC1. The molecule has 3 nitrogen and oxygen atoms in total. The summed E-state index contributed by atoms with van der Waals surface area (Å²) < 4.78 is 13.1. The van der Waals surface area contributed by atoms with Crippen LogP contribution >= 0.6 is 0 Å². The Morgan fingerprint density at radius 1 is 1.12 bits per heavy atom. The number of nitrogens with zero attached hydrogens (tertiary/aromatic N) is 2. The van der Waals surface area contributed by atoms with E-state index in [0.29, 0.717) is 23.0 Å². The third-order valence-corrected chi connectivity index (χ3v) is 6.40. The molecule has 1 aromatic rings. The minimum Gasteiger partial charge on any atom is -0.371 e. The summed E-state index contributed by atoms with van der Waals surface area (Å²) in [6.45, 7) is 10.3. The molecule has 2 atom stereocenters. The number of carbonyl (C=O) groups is 1. The van der Waals surface area contributed by atoms with E-state index in [1.54, 1.807) is 0 Å². The summed E-state index contributed by atoms with van der Waals surface area (Å²) in [7, 11) is 0. The van der Waals surface area contributed by atoms with E-state index < -0.39 is 0 Å². The number of fused-ring (bicyclic) bond motifs is 1. The van der Waals surface area contributed by atoms with Crippen molar-refractivity contribution in [3.05, 3.63) is 41.4 Å². The first-order chi connectivity index (χ1) is 11.4. The second-order valence-corrected chi connectivity index (χ2v) is 7.98. The molecular weight excluding hydrogens is 303 g/mol. The summed E-state index contributed by atoms with van der Waals surface area (Å²) in [5, 5.41) is 0. The van der Waals surface area contributed by atoms with Crippen LogP contribution in [0, 0.1) is 23.1 Å². The Hall–Kier alpha value is -1.84. The maximum atomic E-state index is 13.1. The highest BCUT2D eigenvalue weighted by molar-refractivity contribution is 6.01. The van der Waals surface area contributed by atoms with Crippen molar-refractivity contribution in [1.82, 2.24) is 4.90 Å². The minimum atomic E-state index is -0.195. The minimum absolute atomic E-state index is 0.195. The molecule has 0 aromatic heterocycles. The van der Waals surface area contributed by atoms with Gasteiger partial charge in [0.05, 0.1) is 0 Å². The van der Waals surface area contributed by atoms with Gasteiger partial charge in [0.25, 0.3) is 0 Å². The fourth-order valence-electron chi connectivity index (χ4n) is 4.73. The van der Waals surface area contributed by atoms with E-state index >= 15 is 0 Å². The zero-order valence-electron chi connectivity index (χ0n) is 14.7. The number of Topliss-reactive ketones (excluding diaryl/α,β-unsaturated/α-hetero) is 1. The molecule has 1 heterocycles. The summed E-state index contributed by atoms with van der Waals surface area (Å²) >= 11 is 0. The number of benzene rings is 1. The van der Waals surface area contributed by atoms with E-state index in [0.717, 1.165) is 43.9 Å². The van der Waals surface area contributed by atoms with Gasteiger partial charge in [-0.15, -0.1) is 0 Å². The first-order valence-corrected chi connectivity index (χ1v) is 8.89. The van der Waals surface area contributed by atoms with Gasteiger partial charge in [0.1, 0.15) is 5.82 Å². The average molecular weight is 328 g/mol. The van der Waals surface area contributed by atoms with E-state index in [-0.39, 0.29) is 5.82 Å². The monoisotopic (exact) mass is 328 g/mol. The smallest absolute Gasteiger partial charge is 0.161 e. The van der Waals surface area contributed by atoms with Gasteiger partial charge >= 0.3 is 0 Å². The van der Waals surface area contributed by atoms with E-state index in [9.17, 15) is 9.18 Å². The van der Waals surface area contributed by atoms with Crippen LogP contribution in [-0.4, -0.2) is 36.9 Å². The first-order valence-electron chi connectivity index (χ1n) is 8.89. The maximum absolute atomic E-state index is 13.1. The quantitative estimate of drug-likeness (QED) is 0.777. The zero-order chi connectivity index (χ0) is 17.1. The number of carbonyl (C=O) groups excluding carboxylic acids is 1. The third-order valence-electron chi connectivity index (χ3n) is 6.40. The Morgan fingerprint density at radius 3 is 2.33 bits per heavy atom. The second-order valence-electron chi connectivity index (χ2n) is 7.98. The number of rotatable bonds is 2. The number of hydrogen-bond acceptors (Lipinski definition) is 3. The van der Waals surface area contributed by atoms with Crippen LogP contribution in [0.1, 0.15) is 27.2 Å². The standard InChI is InChI=1S/C20H25FN2O/c1-13(18-17(24)12-16-19(18)20(16,2)3)22-8-10-23(11-9-22)15-6-4-14(21)5-7-15/h4-7,16,19H,8-12H2,1-3H3/b18-13-/t16-,19-/m0/s1. The fraction of sp³-hybridized carbons (Fsp3) is 0.550. The molecule has 1 aliphatic heterocycles. The highest BCUT2D eigenvalue weighted by Gasteiger charge is 2.65. The van der Waals surface area contributed by atoms with Crippen molar-refractivity contribution < 1.29 is 9.18 Å². The van der Waals surface area contributed by atoms with Gasteiger partial charge in [0.2, 0.25) is 0 Å². The highest BCUT2D eigenvalue weighted by atomic mass is 19.1. The molecule has 4 heteroatoms. The van der Waals surface area contributed by atoms with Crippen molar-refractivity contribution >= 4 is 11.5 Å². The molecule has 0 N–H and O–H groups in total. The van der Waals surface area contributed by atoms with Crippen LogP contribution in [0.5, 0.6) is 0 Å². The summed E-state index contributed by atoms with van der Waals surface area (Å²) in [6.07, 6.45) is 0.736. The molecule has 4 rings (SSSR count). The lowest BCUT2D eigenvalue weighted by atomic mass is 9.95. The van der Waals surface area contributed by atoms with Crippen LogP contribution in [0.2, 0.25) is 0 Å². The van der Waals surface area contributed by atoms with Crippen molar-refractivity contribution in [1.29, 1.82) is 0 Å². The molecule has 0 unspecified atom stereocenters. The molecule has 3 fully saturated rings. The van der Waals surface area contributed by atoms with Crippen LogP contribution in [-0.2, 0) is 4.79 Å². The number of hydrogen-bond donors (Lipinski definition) is 0. The topological polar surface area (TPSA) is 23.6 Å². The number of ketones is 1. The normalized spacial score (nSPS) is 30.4. The predicted octanol–water partition coefficient (Wildman–Crippen LogP) is 3.47. The Morgan fingerprint density at radius 2 is 1.75 bits per heavy atom. The molecule has 1 saturated heterocycles. The summed E-state index contributed by atoms with van der Waals surface area (Å²) in [4.78, 5) is 17.0. The van der Waals surface area contributed by atoms with Gasteiger partial charge in [-0.3, -0.25) is 4.79 Å². The molecule has 128 valence electrons. The fourth-order valence-corrected chi connectivity index (χ4v) is 4.73. The van der Waals surface area contributed by atoms with Crippen LogP contribution in [0.15, 0.2) is 35.5 Å². The van der Waals surface area contributed by atoms with E-state index in [4.69, 9.17) is 0 Å². The molecule has 24 heavy (non-hydrogen) atoms. The largest absolute Gasteiger partial charge is 0.371 e. The van der Waals surface area contributed by atoms with Gasteiger partial charge in [-0.25, -0.2) is 4.39 Å². The lowest BCUT2D eigenvalue weighted by Crippen LogP contribution is -2.46. The lowest BCUT2D eigenvalue weighted by Gasteiger charge is -2.38. The first kappa shape index (κ1) is 15.7. The van der Waals surface area contributed by atoms with Gasteiger partial charge in [-0.1, -0.05) is 13.8 Å². The Bertz CT molecular complexity index is 699. The van der Waals surface area contributed by atoms with Gasteiger partial charge in [0, 0.05) is 49.6 Å². The third kappa shape index (κ3) is 2.35. The molecular formula is C20H25FN2O. The number of halogens is 1. The van der Waals surface area contributed by atoms with Crippen molar-refractivity contribution in [3.8, 4) is 0 Å². The molecule has 0 amide bonds. The molecule has 0 spiro atoms. The summed E-state index contributed by atoms with van der Waals surface area (Å²) in [6, 6.07) is 6.71. The summed E-state index contributed by atoms with van der Waals surface area (Å²) in [5.74, 6) is 1.21. The van der Waals surface area contributed by atoms with Crippen molar-refractivity contribution in [2.75, 3.05) is 31.1 Å². The molecule has 3 aliphatic rings. The van der Waals surface area contributed by atoms with E-state index in [2.05, 4.69) is 30.6 Å². The Kier molecular flexibility index (Phi) is 3.48. The van der Waals surface area contributed by atoms with Crippen LogP contribution in [0.3, 0.4) is 0 Å². The van der Waals surface area contributed by atoms with Crippen molar-refractivity contribution in [2.45, 2.75) is 27.2 Å². The van der Waals surface area contributed by atoms with E-state index in [1.165, 1.54) is 17.8 Å². The Balaban J connectivity index is 1.47. The van der Waals surface area contributed by atoms with E-state index in [1.807, 2.05) is 12.1 Å². The van der Waals surface area contributed by atoms with Gasteiger partial charge in [-0.05, 0) is 48.4 Å². The highest BCUT2D eigenvalue weighted by Crippen LogP contribution is 2.68. The number of anilines is 1. The van der Waals surface area contributed by atoms with Crippen molar-refractivity contribution in [2.24, 2.45) is 17.3 Å². The zero-order valence-corrected chi connectivity index (χ0v) is 14.7. The van der Waals surface area contributed by atoms with Crippen LogP contribution in [0.25, 0.3) is 0 Å². The molecule has 0 radical (unpaired) electrons.